The van der Waals surface area contributed by atoms with E-state index in [1.807, 2.05) is 0 Å². The largest absolute Gasteiger partial charge is 0.214 e. The molecule has 0 aliphatic heterocycles. The van der Waals surface area contributed by atoms with Gasteiger partial charge in [0.1, 0.15) is 5.01 Å². The average molecular weight is 507 g/mol. The van der Waals surface area contributed by atoms with Crippen molar-refractivity contribution in [2.75, 3.05) is 0 Å². The quantitative estimate of drug-likeness (QED) is 0.222. The molecule has 6 aromatic carbocycles. The molecule has 0 bridgehead atoms. The number of fused-ring (bicyclic) bond motifs is 3. The highest BCUT2D eigenvalue weighted by Crippen LogP contribution is 2.44. The number of hydrogen-bond acceptors (Lipinski definition) is 3. The van der Waals surface area contributed by atoms with Crippen LogP contribution in [0.2, 0.25) is 0 Å². The van der Waals surface area contributed by atoms with E-state index in [2.05, 4.69) is 129 Å². The van der Waals surface area contributed by atoms with Crippen LogP contribution in [0.25, 0.3) is 65.4 Å². The van der Waals surface area contributed by atoms with Crippen LogP contribution in [-0.4, -0.2) is 9.36 Å². The van der Waals surface area contributed by atoms with Crippen molar-refractivity contribution >= 4 is 43.8 Å². The van der Waals surface area contributed by atoms with E-state index < -0.39 is 0 Å². The van der Waals surface area contributed by atoms with Crippen molar-refractivity contribution in [3.05, 3.63) is 121 Å². The van der Waals surface area contributed by atoms with Crippen molar-refractivity contribution in [3.8, 4) is 33.1 Å². The minimum atomic E-state index is 0.473. The molecular weight excluding hydrogens is 480 g/mol. The molecule has 0 spiro atoms. The van der Waals surface area contributed by atoms with Gasteiger partial charge in [-0.3, -0.25) is 0 Å². The van der Waals surface area contributed by atoms with Gasteiger partial charge in [0.2, 0.25) is 0 Å². The molecule has 0 amide bonds. The number of rotatable bonds is 4. The number of benzene rings is 6. The lowest BCUT2D eigenvalue weighted by Gasteiger charge is -2.17. The summed E-state index contributed by atoms with van der Waals surface area (Å²) in [5, 5.41) is 8.21. The first-order valence-corrected chi connectivity index (χ1v) is 13.8. The Morgan fingerprint density at radius 2 is 1.16 bits per heavy atom. The van der Waals surface area contributed by atoms with E-state index in [4.69, 9.17) is 9.36 Å². The van der Waals surface area contributed by atoms with Gasteiger partial charge in [0.05, 0.1) is 0 Å². The van der Waals surface area contributed by atoms with Gasteiger partial charge in [-0.25, -0.2) is 4.98 Å². The second kappa shape index (κ2) is 9.20. The molecule has 7 rings (SSSR count). The zero-order chi connectivity index (χ0) is 25.6. The summed E-state index contributed by atoms with van der Waals surface area (Å²) in [7, 11) is 0. The molecule has 0 fully saturated rings. The molecule has 2 nitrogen and oxygen atoms in total. The molecule has 38 heavy (non-hydrogen) atoms. The van der Waals surface area contributed by atoms with Crippen molar-refractivity contribution in [2.24, 2.45) is 0 Å². The van der Waals surface area contributed by atoms with Crippen molar-refractivity contribution in [1.29, 1.82) is 0 Å². The molecule has 0 saturated heterocycles. The van der Waals surface area contributed by atoms with Gasteiger partial charge in [0.25, 0.3) is 0 Å². The van der Waals surface area contributed by atoms with Gasteiger partial charge >= 0.3 is 0 Å². The van der Waals surface area contributed by atoms with Gasteiger partial charge in [-0.2, -0.15) is 4.37 Å². The molecule has 0 aliphatic carbocycles. The second-order valence-corrected chi connectivity index (χ2v) is 10.8. The van der Waals surface area contributed by atoms with Crippen LogP contribution in [0.4, 0.5) is 0 Å². The summed E-state index contributed by atoms with van der Waals surface area (Å²) in [6, 6.07) is 41.3. The Bertz CT molecular complexity index is 1900. The molecule has 0 unspecified atom stereocenters. The normalized spacial score (nSPS) is 11.7. The van der Waals surface area contributed by atoms with Gasteiger partial charge in [0, 0.05) is 11.1 Å². The summed E-state index contributed by atoms with van der Waals surface area (Å²) in [5.74, 6) is 1.25. The van der Waals surface area contributed by atoms with E-state index in [1.165, 1.54) is 60.5 Å². The fraction of sp³-hybridized carbons (Fsp3) is 0.0857. The summed E-state index contributed by atoms with van der Waals surface area (Å²) in [5.41, 5.74) is 6.11. The Morgan fingerprint density at radius 1 is 0.579 bits per heavy atom. The summed E-state index contributed by atoms with van der Waals surface area (Å²) in [4.78, 5) is 5.15. The van der Waals surface area contributed by atoms with Crippen LogP contribution in [0.1, 0.15) is 25.3 Å². The molecule has 0 radical (unpaired) electrons. The van der Waals surface area contributed by atoms with Gasteiger partial charge < -0.3 is 0 Å². The first-order valence-electron chi connectivity index (χ1n) is 13.0. The van der Waals surface area contributed by atoms with Gasteiger partial charge in [-0.15, -0.1) is 0 Å². The Hall–Kier alpha value is -4.34. The van der Waals surface area contributed by atoms with Crippen LogP contribution in [0.15, 0.2) is 115 Å². The van der Waals surface area contributed by atoms with Crippen molar-refractivity contribution < 1.29 is 0 Å². The predicted octanol–water partition coefficient (Wildman–Crippen LogP) is 10.1. The highest BCUT2D eigenvalue weighted by atomic mass is 32.1. The minimum Gasteiger partial charge on any atom is -0.214 e. The Kier molecular flexibility index (Phi) is 5.52. The maximum Gasteiger partial charge on any atom is 0.174 e. The van der Waals surface area contributed by atoms with Gasteiger partial charge in [-0.1, -0.05) is 129 Å². The topological polar surface area (TPSA) is 25.8 Å². The Labute approximate surface area is 226 Å². The lowest BCUT2D eigenvalue weighted by Crippen LogP contribution is -1.92. The van der Waals surface area contributed by atoms with E-state index in [0.717, 1.165) is 22.0 Å². The third kappa shape index (κ3) is 3.70. The van der Waals surface area contributed by atoms with Crippen LogP contribution < -0.4 is 0 Å². The van der Waals surface area contributed by atoms with Gasteiger partial charge in [0.15, 0.2) is 5.82 Å². The highest BCUT2D eigenvalue weighted by molar-refractivity contribution is 7.09. The van der Waals surface area contributed by atoms with Crippen LogP contribution in [0, 0.1) is 0 Å². The Balaban J connectivity index is 1.50. The van der Waals surface area contributed by atoms with Crippen molar-refractivity contribution in [1.82, 2.24) is 9.36 Å². The standard InChI is InChI=1S/C35H26N2S/c1-22(2)24-13-9-14-25(21-24)32-27-16-5-7-18-29(27)33(30-19-8-6-17-28(30)32)35-36-34(37-38-35)31-20-10-12-23-11-3-4-15-26(23)31/h3-22H,1-2H3. The highest BCUT2D eigenvalue weighted by Gasteiger charge is 2.20. The third-order valence-corrected chi connectivity index (χ3v) is 8.18. The van der Waals surface area contributed by atoms with E-state index in [-0.39, 0.29) is 0 Å². The monoisotopic (exact) mass is 506 g/mol. The smallest absolute Gasteiger partial charge is 0.174 e. The lowest BCUT2D eigenvalue weighted by molar-refractivity contribution is 0.867. The zero-order valence-corrected chi connectivity index (χ0v) is 22.2. The zero-order valence-electron chi connectivity index (χ0n) is 21.3. The first-order chi connectivity index (χ1) is 18.7. The molecule has 1 aromatic heterocycles. The Morgan fingerprint density at radius 3 is 1.84 bits per heavy atom. The van der Waals surface area contributed by atoms with E-state index in [9.17, 15) is 0 Å². The number of hydrogen-bond donors (Lipinski definition) is 0. The molecule has 3 heteroatoms. The molecular formula is C35H26N2S. The van der Waals surface area contributed by atoms with E-state index in [1.54, 1.807) is 0 Å². The molecule has 182 valence electrons. The van der Waals surface area contributed by atoms with Crippen molar-refractivity contribution in [2.45, 2.75) is 19.8 Å². The molecule has 0 saturated carbocycles. The molecule has 0 aliphatic rings. The minimum absolute atomic E-state index is 0.473. The average Bonchev–Trinajstić information content (AvgIpc) is 3.45. The summed E-state index contributed by atoms with van der Waals surface area (Å²) in [6.07, 6.45) is 0. The van der Waals surface area contributed by atoms with Gasteiger partial charge in [-0.05, 0) is 66.5 Å². The summed E-state index contributed by atoms with van der Waals surface area (Å²) >= 11 is 1.48. The molecule has 7 aromatic rings. The van der Waals surface area contributed by atoms with Crippen molar-refractivity contribution in [3.63, 3.8) is 0 Å². The number of nitrogens with zero attached hydrogens (tertiary/aromatic N) is 2. The maximum absolute atomic E-state index is 5.15. The third-order valence-electron chi connectivity index (χ3n) is 7.44. The fourth-order valence-electron chi connectivity index (χ4n) is 5.58. The summed E-state index contributed by atoms with van der Waals surface area (Å²) in [6.45, 7) is 4.50. The van der Waals surface area contributed by atoms with Crippen LogP contribution >= 0.6 is 11.5 Å². The van der Waals surface area contributed by atoms with E-state index in [0.29, 0.717) is 5.92 Å². The molecule has 1 heterocycles. The predicted molar refractivity (Wildman–Crippen MR) is 163 cm³/mol. The van der Waals surface area contributed by atoms with Crippen LogP contribution in [0.3, 0.4) is 0 Å². The maximum atomic E-state index is 5.15. The molecule has 0 atom stereocenters. The van der Waals surface area contributed by atoms with E-state index >= 15 is 0 Å². The lowest BCUT2D eigenvalue weighted by atomic mass is 9.87. The summed E-state index contributed by atoms with van der Waals surface area (Å²) < 4.78 is 4.87. The van der Waals surface area contributed by atoms with Crippen LogP contribution in [-0.2, 0) is 0 Å². The SMILES string of the molecule is CC(C)c1cccc(-c2c3ccccc3c(-c3nc(-c4cccc5ccccc45)ns3)c3ccccc23)c1. The number of aromatic nitrogens is 2. The van der Waals surface area contributed by atoms with Crippen LogP contribution in [0.5, 0.6) is 0 Å². The molecule has 0 N–H and O–H groups in total. The fourth-order valence-corrected chi connectivity index (χ4v) is 6.33. The first kappa shape index (κ1) is 22.8. The second-order valence-electron chi connectivity index (χ2n) is 10.1.